The third-order valence-corrected chi connectivity index (χ3v) is 4.40. The number of anilines is 2. The predicted octanol–water partition coefficient (Wildman–Crippen LogP) is 4.99. The van der Waals surface area contributed by atoms with Crippen LogP contribution in [0, 0.1) is 6.92 Å². The van der Waals surface area contributed by atoms with E-state index in [1.54, 1.807) is 30.3 Å². The van der Waals surface area contributed by atoms with Gasteiger partial charge in [0.25, 0.3) is 0 Å². The molecule has 0 bridgehead atoms. The molecule has 0 aromatic heterocycles. The zero-order valence-electron chi connectivity index (χ0n) is 17.5. The maximum absolute atomic E-state index is 12.2. The number of carbonyl (C=O) groups excluding carboxylic acids is 2. The Kier molecular flexibility index (Phi) is 9.28. The fourth-order valence-corrected chi connectivity index (χ4v) is 2.63. The van der Waals surface area contributed by atoms with Gasteiger partial charge in [0.2, 0.25) is 5.91 Å². The highest BCUT2D eigenvalue weighted by atomic mass is 35.5. The summed E-state index contributed by atoms with van der Waals surface area (Å²) < 4.78 is 11.4. The van der Waals surface area contributed by atoms with Crippen molar-refractivity contribution in [3.8, 4) is 11.5 Å². The molecule has 3 N–H and O–H groups in total. The van der Waals surface area contributed by atoms with Crippen LogP contribution in [0.5, 0.6) is 11.5 Å². The SMILES string of the molecule is CCCOc1ccc(NC(=O)NCC(=O)Nc2ccc(C)c(Cl)c2)cc1OCCC. The first-order valence-corrected chi connectivity index (χ1v) is 10.3. The first-order chi connectivity index (χ1) is 14.4. The van der Waals surface area contributed by atoms with Crippen molar-refractivity contribution in [3.05, 3.63) is 47.0 Å². The molecule has 3 amide bonds. The van der Waals surface area contributed by atoms with Crippen LogP contribution in [0.15, 0.2) is 36.4 Å². The lowest BCUT2D eigenvalue weighted by atomic mass is 10.2. The van der Waals surface area contributed by atoms with Gasteiger partial charge >= 0.3 is 6.03 Å². The summed E-state index contributed by atoms with van der Waals surface area (Å²) in [5.74, 6) is 0.838. The Morgan fingerprint density at radius 1 is 0.900 bits per heavy atom. The van der Waals surface area contributed by atoms with Crippen molar-refractivity contribution < 1.29 is 19.1 Å². The third-order valence-electron chi connectivity index (χ3n) is 3.99. The van der Waals surface area contributed by atoms with E-state index < -0.39 is 6.03 Å². The van der Waals surface area contributed by atoms with Gasteiger partial charge in [-0.1, -0.05) is 31.5 Å². The molecule has 2 aromatic carbocycles. The summed E-state index contributed by atoms with van der Waals surface area (Å²) in [6.45, 7) is 6.85. The lowest BCUT2D eigenvalue weighted by Crippen LogP contribution is -2.35. The van der Waals surface area contributed by atoms with E-state index in [9.17, 15) is 9.59 Å². The number of hydrogen-bond donors (Lipinski definition) is 3. The van der Waals surface area contributed by atoms with Crippen LogP contribution in [0.1, 0.15) is 32.3 Å². The Hall–Kier alpha value is -2.93. The number of hydrogen-bond acceptors (Lipinski definition) is 4. The molecule has 0 saturated heterocycles. The topological polar surface area (TPSA) is 88.7 Å². The van der Waals surface area contributed by atoms with Crippen LogP contribution in [0.3, 0.4) is 0 Å². The standard InChI is InChI=1S/C22H28ClN3O4/c1-4-10-29-19-9-8-17(13-20(19)30-11-5-2)26-22(28)24-14-21(27)25-16-7-6-15(3)18(23)12-16/h6-9,12-13H,4-5,10-11,14H2,1-3H3,(H,25,27)(H2,24,26,28). The first kappa shape index (κ1) is 23.3. The highest BCUT2D eigenvalue weighted by Crippen LogP contribution is 2.31. The Morgan fingerprint density at radius 2 is 1.53 bits per heavy atom. The zero-order valence-corrected chi connectivity index (χ0v) is 18.3. The van der Waals surface area contributed by atoms with Crippen LogP contribution >= 0.6 is 11.6 Å². The van der Waals surface area contributed by atoms with Crippen molar-refractivity contribution in [3.63, 3.8) is 0 Å². The molecule has 0 unspecified atom stereocenters. The van der Waals surface area contributed by atoms with E-state index in [2.05, 4.69) is 16.0 Å². The third kappa shape index (κ3) is 7.48. The molecule has 2 rings (SSSR count). The Bertz CT molecular complexity index is 873. The van der Waals surface area contributed by atoms with E-state index in [1.165, 1.54) is 0 Å². The van der Waals surface area contributed by atoms with Gasteiger partial charge in [-0.25, -0.2) is 4.79 Å². The van der Waals surface area contributed by atoms with Crippen molar-refractivity contribution >= 4 is 34.9 Å². The van der Waals surface area contributed by atoms with E-state index in [-0.39, 0.29) is 12.5 Å². The minimum atomic E-state index is -0.504. The van der Waals surface area contributed by atoms with Crippen LogP contribution in [0.4, 0.5) is 16.2 Å². The van der Waals surface area contributed by atoms with E-state index >= 15 is 0 Å². The van der Waals surface area contributed by atoms with Crippen LogP contribution in [-0.2, 0) is 4.79 Å². The minimum absolute atomic E-state index is 0.186. The van der Waals surface area contributed by atoms with Crippen LogP contribution < -0.4 is 25.4 Å². The molecule has 0 aliphatic rings. The van der Waals surface area contributed by atoms with Crippen molar-refractivity contribution in [1.29, 1.82) is 0 Å². The van der Waals surface area contributed by atoms with Crippen molar-refractivity contribution in [2.75, 3.05) is 30.4 Å². The maximum atomic E-state index is 12.2. The van der Waals surface area contributed by atoms with Gasteiger partial charge < -0.3 is 25.4 Å². The van der Waals surface area contributed by atoms with E-state index in [0.29, 0.717) is 41.1 Å². The smallest absolute Gasteiger partial charge is 0.319 e. The second-order valence-corrected chi connectivity index (χ2v) is 7.09. The number of carbonyl (C=O) groups is 2. The molecular weight excluding hydrogens is 406 g/mol. The number of rotatable bonds is 10. The van der Waals surface area contributed by atoms with Crippen LogP contribution in [-0.4, -0.2) is 31.7 Å². The molecular formula is C22H28ClN3O4. The maximum Gasteiger partial charge on any atom is 0.319 e. The highest BCUT2D eigenvalue weighted by Gasteiger charge is 2.10. The Morgan fingerprint density at radius 3 is 2.20 bits per heavy atom. The van der Waals surface area contributed by atoms with Gasteiger partial charge in [0.1, 0.15) is 0 Å². The Balaban J connectivity index is 1.89. The number of amides is 3. The number of aryl methyl sites for hydroxylation is 1. The predicted molar refractivity (Wildman–Crippen MR) is 120 cm³/mol. The molecule has 0 radical (unpaired) electrons. The van der Waals surface area contributed by atoms with Gasteiger partial charge in [-0.05, 0) is 49.6 Å². The first-order valence-electron chi connectivity index (χ1n) is 9.93. The number of halogens is 1. The van der Waals surface area contributed by atoms with Crippen molar-refractivity contribution in [2.24, 2.45) is 0 Å². The second-order valence-electron chi connectivity index (χ2n) is 6.68. The van der Waals surface area contributed by atoms with E-state index in [1.807, 2.05) is 26.8 Å². The normalized spacial score (nSPS) is 10.3. The largest absolute Gasteiger partial charge is 0.490 e. The molecule has 0 fully saturated rings. The summed E-state index contributed by atoms with van der Waals surface area (Å²) in [4.78, 5) is 24.2. The number of nitrogens with one attached hydrogen (secondary N) is 3. The van der Waals surface area contributed by atoms with Gasteiger partial charge in [0.15, 0.2) is 11.5 Å². The summed E-state index contributed by atoms with van der Waals surface area (Å²) in [7, 11) is 0. The molecule has 0 heterocycles. The zero-order chi connectivity index (χ0) is 21.9. The molecule has 162 valence electrons. The highest BCUT2D eigenvalue weighted by molar-refractivity contribution is 6.31. The molecule has 7 nitrogen and oxygen atoms in total. The van der Waals surface area contributed by atoms with Crippen molar-refractivity contribution in [1.82, 2.24) is 5.32 Å². The summed E-state index contributed by atoms with van der Waals surface area (Å²) >= 11 is 6.05. The molecule has 0 aliphatic carbocycles. The van der Waals surface area contributed by atoms with E-state index in [4.69, 9.17) is 21.1 Å². The van der Waals surface area contributed by atoms with Gasteiger partial charge in [-0.2, -0.15) is 0 Å². The average molecular weight is 434 g/mol. The average Bonchev–Trinajstić information content (AvgIpc) is 2.72. The van der Waals surface area contributed by atoms with Gasteiger partial charge in [-0.15, -0.1) is 0 Å². The van der Waals surface area contributed by atoms with Crippen LogP contribution in [0.25, 0.3) is 0 Å². The summed E-state index contributed by atoms with van der Waals surface area (Å²) in [6.07, 6.45) is 1.74. The lowest BCUT2D eigenvalue weighted by Gasteiger charge is -2.14. The molecule has 0 aliphatic heterocycles. The molecule has 0 saturated carbocycles. The molecule has 30 heavy (non-hydrogen) atoms. The van der Waals surface area contributed by atoms with Gasteiger partial charge in [0.05, 0.1) is 19.8 Å². The summed E-state index contributed by atoms with van der Waals surface area (Å²) in [6, 6.07) is 9.89. The van der Waals surface area contributed by atoms with E-state index in [0.717, 1.165) is 18.4 Å². The quantitative estimate of drug-likeness (QED) is 0.492. The molecule has 8 heteroatoms. The summed E-state index contributed by atoms with van der Waals surface area (Å²) in [5, 5.41) is 8.46. The fraction of sp³-hybridized carbons (Fsp3) is 0.364. The number of urea groups is 1. The molecule has 0 spiro atoms. The summed E-state index contributed by atoms with van der Waals surface area (Å²) in [5.41, 5.74) is 2.02. The minimum Gasteiger partial charge on any atom is -0.490 e. The second kappa shape index (κ2) is 11.9. The molecule has 2 aromatic rings. The lowest BCUT2D eigenvalue weighted by molar-refractivity contribution is -0.115. The monoisotopic (exact) mass is 433 g/mol. The van der Waals surface area contributed by atoms with Gasteiger partial charge in [-0.3, -0.25) is 4.79 Å². The fourth-order valence-electron chi connectivity index (χ4n) is 2.45. The number of ether oxygens (including phenoxy) is 2. The molecule has 0 atom stereocenters. The number of benzene rings is 2. The van der Waals surface area contributed by atoms with Gasteiger partial charge in [0, 0.05) is 22.5 Å². The van der Waals surface area contributed by atoms with Crippen LogP contribution in [0.2, 0.25) is 5.02 Å². The van der Waals surface area contributed by atoms with Crippen molar-refractivity contribution in [2.45, 2.75) is 33.6 Å². The Labute approximate surface area is 182 Å².